The highest BCUT2D eigenvalue weighted by atomic mass is 19.3. The van der Waals surface area contributed by atoms with Crippen molar-refractivity contribution in [2.24, 2.45) is 10.1 Å². The molecule has 0 aliphatic carbocycles. The van der Waals surface area contributed by atoms with Crippen LogP contribution in [-0.2, 0) is 0 Å². The van der Waals surface area contributed by atoms with Crippen LogP contribution in [0.1, 0.15) is 24.5 Å². The van der Waals surface area contributed by atoms with E-state index < -0.39 is 12.7 Å². The number of fused-ring (bicyclic) bond motifs is 3. The second-order valence-electron chi connectivity index (χ2n) is 7.62. The molecule has 9 heteroatoms. The van der Waals surface area contributed by atoms with Gasteiger partial charge < -0.3 is 10.6 Å². The lowest BCUT2D eigenvalue weighted by Gasteiger charge is -2.33. The normalized spacial score (nSPS) is 16.8. The van der Waals surface area contributed by atoms with Crippen LogP contribution < -0.4 is 21.0 Å². The van der Waals surface area contributed by atoms with Crippen LogP contribution in [0.2, 0.25) is 0 Å². The average Bonchev–Trinajstić information content (AvgIpc) is 3.19. The largest absolute Gasteiger partial charge is 0.384 e. The fourth-order valence-electron chi connectivity index (χ4n) is 3.91. The third kappa shape index (κ3) is 3.31. The molecular formula is C23H21F2N7. The highest BCUT2D eigenvalue weighted by molar-refractivity contribution is 6.16. The van der Waals surface area contributed by atoms with Gasteiger partial charge in [-0.3, -0.25) is 10.3 Å². The minimum absolute atomic E-state index is 0.00749. The van der Waals surface area contributed by atoms with Crippen molar-refractivity contribution in [1.82, 2.24) is 10.4 Å². The highest BCUT2D eigenvalue weighted by Crippen LogP contribution is 2.33. The van der Waals surface area contributed by atoms with Crippen molar-refractivity contribution in [1.29, 1.82) is 0 Å². The summed E-state index contributed by atoms with van der Waals surface area (Å²) in [5.74, 6) is 2.59. The Morgan fingerprint density at radius 3 is 2.59 bits per heavy atom. The molecule has 3 N–H and O–H groups in total. The molecule has 2 aromatic carbocycles. The van der Waals surface area contributed by atoms with Crippen molar-refractivity contribution in [3.05, 3.63) is 71.8 Å². The fourth-order valence-corrected chi connectivity index (χ4v) is 3.91. The maximum atomic E-state index is 12.9. The first-order valence-corrected chi connectivity index (χ1v) is 10.1. The summed E-state index contributed by atoms with van der Waals surface area (Å²) in [6.07, 6.45) is -2.88. The molecule has 0 saturated carbocycles. The summed E-state index contributed by atoms with van der Waals surface area (Å²) < 4.78 is 25.8. The maximum Gasteiger partial charge on any atom is 0.263 e. The van der Waals surface area contributed by atoms with Crippen LogP contribution in [0.15, 0.2) is 70.8 Å². The number of nitrogen functional groups attached to an aromatic ring is 1. The van der Waals surface area contributed by atoms with E-state index in [-0.39, 0.29) is 5.56 Å². The molecule has 0 amide bonds. The van der Waals surface area contributed by atoms with Gasteiger partial charge in [0.05, 0.1) is 5.56 Å². The van der Waals surface area contributed by atoms with E-state index in [1.807, 2.05) is 54.1 Å². The highest BCUT2D eigenvalue weighted by Gasteiger charge is 2.36. The molecule has 7 nitrogen and oxygen atoms in total. The number of nitrogens with one attached hydrogen (secondary N) is 1. The topological polar surface area (TPSA) is 82.1 Å². The van der Waals surface area contributed by atoms with Crippen LogP contribution in [0.25, 0.3) is 11.1 Å². The SMILES string of the molecule is CC1=NNC2N=C(N(C)c3cccc(-c4ccc(C(F)F)cc4)c3)c3ccc(N)nc3N12. The summed E-state index contributed by atoms with van der Waals surface area (Å²) in [4.78, 5) is 13.3. The zero-order chi connectivity index (χ0) is 22.4. The first kappa shape index (κ1) is 19.9. The molecule has 1 aromatic heterocycles. The van der Waals surface area contributed by atoms with E-state index in [1.165, 1.54) is 12.1 Å². The number of benzene rings is 2. The van der Waals surface area contributed by atoms with Gasteiger partial charge in [0.1, 0.15) is 17.5 Å². The molecule has 0 saturated heterocycles. The third-order valence-electron chi connectivity index (χ3n) is 5.59. The molecule has 2 aliphatic rings. The van der Waals surface area contributed by atoms with Crippen molar-refractivity contribution < 1.29 is 8.78 Å². The zero-order valence-corrected chi connectivity index (χ0v) is 17.5. The summed E-state index contributed by atoms with van der Waals surface area (Å²) in [5.41, 5.74) is 12.5. The van der Waals surface area contributed by atoms with Crippen LogP contribution in [0, 0.1) is 0 Å². The van der Waals surface area contributed by atoms with Crippen LogP contribution in [0.3, 0.4) is 0 Å². The van der Waals surface area contributed by atoms with Crippen LogP contribution in [0.5, 0.6) is 0 Å². The number of amidine groups is 2. The standard InChI is InChI=1S/C23H21F2N7/c1-13-29-30-23-28-21(18-10-11-19(26)27-22(18)32(13)23)31(2)17-5-3-4-16(12-17)14-6-8-15(9-7-14)20(24)25/h3-12,20,23,30H,1-2H3,(H2,26,27). The first-order valence-electron chi connectivity index (χ1n) is 10.1. The Kier molecular flexibility index (Phi) is 4.73. The molecule has 1 atom stereocenters. The van der Waals surface area contributed by atoms with Gasteiger partial charge in [-0.25, -0.2) is 18.8 Å². The third-order valence-corrected chi connectivity index (χ3v) is 5.59. The predicted octanol–water partition coefficient (Wildman–Crippen LogP) is 4.19. The van der Waals surface area contributed by atoms with E-state index in [9.17, 15) is 8.78 Å². The first-order chi connectivity index (χ1) is 15.4. The average molecular weight is 433 g/mol. The van der Waals surface area contributed by atoms with Gasteiger partial charge in [-0.1, -0.05) is 36.4 Å². The number of rotatable bonds is 3. The Bertz CT molecular complexity index is 1240. The Balaban J connectivity index is 1.52. The summed E-state index contributed by atoms with van der Waals surface area (Å²) in [5, 5.41) is 4.28. The number of hydrogen-bond acceptors (Lipinski definition) is 7. The van der Waals surface area contributed by atoms with Crippen molar-refractivity contribution in [2.45, 2.75) is 19.6 Å². The smallest absolute Gasteiger partial charge is 0.263 e. The lowest BCUT2D eigenvalue weighted by molar-refractivity contribution is 0.151. The Morgan fingerprint density at radius 2 is 1.84 bits per heavy atom. The molecule has 0 spiro atoms. The second-order valence-corrected chi connectivity index (χ2v) is 7.62. The minimum Gasteiger partial charge on any atom is -0.384 e. The molecule has 2 aliphatic heterocycles. The summed E-state index contributed by atoms with van der Waals surface area (Å²) >= 11 is 0. The minimum atomic E-state index is -2.48. The molecule has 3 heterocycles. The van der Waals surface area contributed by atoms with Gasteiger partial charge in [-0.2, -0.15) is 5.10 Å². The van der Waals surface area contributed by atoms with E-state index in [2.05, 4.69) is 15.5 Å². The fraction of sp³-hybridized carbons (Fsp3) is 0.174. The molecular weight excluding hydrogens is 412 g/mol. The van der Waals surface area contributed by atoms with Gasteiger partial charge in [0.25, 0.3) is 6.43 Å². The number of alkyl halides is 2. The zero-order valence-electron chi connectivity index (χ0n) is 17.5. The number of anilines is 3. The lowest BCUT2D eigenvalue weighted by Crippen LogP contribution is -2.46. The van der Waals surface area contributed by atoms with Crippen molar-refractivity contribution in [2.75, 3.05) is 22.6 Å². The molecule has 5 rings (SSSR count). The van der Waals surface area contributed by atoms with Gasteiger partial charge in [-0.05, 0) is 42.3 Å². The molecule has 32 heavy (non-hydrogen) atoms. The molecule has 162 valence electrons. The summed E-state index contributed by atoms with van der Waals surface area (Å²) in [6.45, 7) is 1.88. The second kappa shape index (κ2) is 7.60. The number of aliphatic imine (C=N–C) groups is 1. The van der Waals surface area contributed by atoms with Crippen molar-refractivity contribution in [3.63, 3.8) is 0 Å². The summed E-state index contributed by atoms with van der Waals surface area (Å²) in [7, 11) is 1.93. The van der Waals surface area contributed by atoms with Crippen LogP contribution >= 0.6 is 0 Å². The van der Waals surface area contributed by atoms with Gasteiger partial charge in [0.15, 0.2) is 5.82 Å². The Morgan fingerprint density at radius 1 is 1.06 bits per heavy atom. The molecule has 0 radical (unpaired) electrons. The van der Waals surface area contributed by atoms with Crippen molar-refractivity contribution >= 4 is 29.0 Å². The summed E-state index contributed by atoms with van der Waals surface area (Å²) in [6, 6.07) is 17.8. The van der Waals surface area contributed by atoms with E-state index in [0.717, 1.165) is 34.0 Å². The van der Waals surface area contributed by atoms with E-state index in [4.69, 9.17) is 10.7 Å². The van der Waals surface area contributed by atoms with Gasteiger partial charge >= 0.3 is 0 Å². The number of aromatic nitrogens is 1. The Labute approximate surface area is 183 Å². The lowest BCUT2D eigenvalue weighted by atomic mass is 10.0. The quantitative estimate of drug-likeness (QED) is 0.647. The number of nitrogens with two attached hydrogens (primary N) is 1. The monoisotopic (exact) mass is 433 g/mol. The van der Waals surface area contributed by atoms with E-state index in [1.54, 1.807) is 18.2 Å². The Hall–Kier alpha value is -4.01. The van der Waals surface area contributed by atoms with Gasteiger partial charge in [0.2, 0.25) is 6.29 Å². The molecule has 0 fully saturated rings. The predicted molar refractivity (Wildman–Crippen MR) is 123 cm³/mol. The number of halogens is 2. The molecule has 1 unspecified atom stereocenters. The number of hydrogen-bond donors (Lipinski definition) is 2. The van der Waals surface area contributed by atoms with Crippen LogP contribution in [-0.4, -0.2) is 30.0 Å². The van der Waals surface area contributed by atoms with E-state index in [0.29, 0.717) is 11.6 Å². The number of nitrogens with zero attached hydrogens (tertiary/aromatic N) is 5. The maximum absolute atomic E-state index is 12.9. The molecule has 3 aromatic rings. The van der Waals surface area contributed by atoms with E-state index >= 15 is 0 Å². The van der Waals surface area contributed by atoms with Gasteiger partial charge in [0, 0.05) is 18.3 Å². The molecule has 0 bridgehead atoms. The number of hydrazone groups is 1. The van der Waals surface area contributed by atoms with Gasteiger partial charge in [-0.15, -0.1) is 0 Å². The van der Waals surface area contributed by atoms with Crippen LogP contribution in [0.4, 0.5) is 26.1 Å². The number of pyridine rings is 1. The van der Waals surface area contributed by atoms with Crippen molar-refractivity contribution in [3.8, 4) is 11.1 Å².